The number of nitro benzene ring substituents is 1. The minimum absolute atomic E-state index is 0.0950. The average Bonchev–Trinajstić information content (AvgIpc) is 2.60. The molecule has 0 saturated heterocycles. The van der Waals surface area contributed by atoms with Crippen LogP contribution in [0.25, 0.3) is 0 Å². The van der Waals surface area contributed by atoms with E-state index in [1.807, 2.05) is 0 Å². The van der Waals surface area contributed by atoms with Gasteiger partial charge in [-0.1, -0.05) is 4.59 Å². The van der Waals surface area contributed by atoms with E-state index in [1.165, 1.54) is 19.2 Å². The number of hydrogen-bond donors (Lipinski definition) is 1. The molecule has 1 aromatic carbocycles. The Morgan fingerprint density at radius 3 is 2.52 bits per heavy atom. The number of nitro groups is 1. The minimum Gasteiger partial charge on any atom is -0.412 e. The third-order valence-corrected chi connectivity index (χ3v) is 3.00. The number of quaternary nitrogens is 1. The van der Waals surface area contributed by atoms with Gasteiger partial charge < -0.3 is 4.74 Å². The molecule has 1 aromatic rings. The lowest BCUT2D eigenvalue weighted by Crippen LogP contribution is -2.59. The van der Waals surface area contributed by atoms with Gasteiger partial charge in [-0.2, -0.15) is 10.2 Å². The van der Waals surface area contributed by atoms with Crippen LogP contribution in [-0.4, -0.2) is 29.6 Å². The Morgan fingerprint density at radius 1 is 1.38 bits per heavy atom. The van der Waals surface area contributed by atoms with Crippen molar-refractivity contribution in [2.24, 2.45) is 0 Å². The second-order valence-electron chi connectivity index (χ2n) is 5.89. The van der Waals surface area contributed by atoms with E-state index in [-0.39, 0.29) is 11.3 Å². The molecule has 1 N–H and O–H groups in total. The van der Waals surface area contributed by atoms with Gasteiger partial charge in [0.15, 0.2) is 5.69 Å². The molecule has 0 spiro atoms. The first-order chi connectivity index (χ1) is 9.54. The number of carbonyl (C=O) groups excluding carboxylic acids is 2. The quantitative estimate of drug-likeness (QED) is 0.486. The van der Waals surface area contributed by atoms with E-state index < -0.39 is 27.1 Å². The molecule has 0 aliphatic carbocycles. The van der Waals surface area contributed by atoms with Crippen LogP contribution < -0.4 is 10.0 Å². The Balaban J connectivity index is 2.46. The van der Waals surface area contributed by atoms with E-state index in [0.29, 0.717) is 5.69 Å². The predicted molar refractivity (Wildman–Crippen MR) is 74.5 cm³/mol. The number of benzene rings is 1. The fourth-order valence-corrected chi connectivity index (χ4v) is 2.03. The van der Waals surface area contributed by atoms with Crippen LogP contribution in [0.5, 0.6) is 0 Å². The Bertz CT molecular complexity index is 650. The van der Waals surface area contributed by atoms with Crippen molar-refractivity contribution >= 4 is 23.4 Å². The molecule has 0 bridgehead atoms. The Hall–Kier alpha value is -2.48. The molecule has 1 atom stereocenters. The minimum atomic E-state index is -0.716. The average molecular weight is 294 g/mol. The number of rotatable bonds is 1. The van der Waals surface area contributed by atoms with Crippen LogP contribution in [0.2, 0.25) is 0 Å². The molecule has 1 heterocycles. The van der Waals surface area contributed by atoms with Crippen LogP contribution in [0, 0.1) is 10.1 Å². The van der Waals surface area contributed by atoms with Gasteiger partial charge in [-0.3, -0.25) is 14.9 Å². The van der Waals surface area contributed by atoms with Crippen molar-refractivity contribution in [1.29, 1.82) is 0 Å². The molecule has 8 heteroatoms. The summed E-state index contributed by atoms with van der Waals surface area (Å²) in [6, 6.07) is 3.79. The molecule has 0 saturated carbocycles. The smallest absolute Gasteiger partial charge is 0.412 e. The first-order valence-corrected chi connectivity index (χ1v) is 6.26. The third-order valence-electron chi connectivity index (χ3n) is 3.00. The van der Waals surface area contributed by atoms with E-state index >= 15 is 0 Å². The molecule has 112 valence electrons. The van der Waals surface area contributed by atoms with E-state index in [1.54, 1.807) is 20.8 Å². The highest BCUT2D eigenvalue weighted by Gasteiger charge is 2.50. The number of non-ortho nitro benzene ring substituents is 1. The number of ether oxygens (including phenoxy) is 1. The number of nitrogens with one attached hydrogen (secondary N) is 1. The van der Waals surface area contributed by atoms with E-state index in [0.717, 1.165) is 6.07 Å². The van der Waals surface area contributed by atoms with Crippen molar-refractivity contribution in [3.05, 3.63) is 33.9 Å². The second-order valence-corrected chi connectivity index (χ2v) is 5.89. The van der Waals surface area contributed by atoms with Crippen molar-refractivity contribution in [2.75, 3.05) is 7.05 Å². The fraction of sp³-hybridized carbons (Fsp3) is 0.385. The van der Waals surface area contributed by atoms with Gasteiger partial charge in [0.1, 0.15) is 18.2 Å². The van der Waals surface area contributed by atoms with Gasteiger partial charge in [-0.25, -0.2) is 0 Å². The molecule has 2 amide bonds. The number of amides is 2. The summed E-state index contributed by atoms with van der Waals surface area (Å²) >= 11 is 0. The molecule has 1 aliphatic rings. The van der Waals surface area contributed by atoms with Crippen LogP contribution in [0.3, 0.4) is 0 Å². The lowest BCUT2D eigenvalue weighted by molar-refractivity contribution is -0.384. The molecular formula is C13H16N3O5+. The summed E-state index contributed by atoms with van der Waals surface area (Å²) < 4.78 is 4.71. The second kappa shape index (κ2) is 4.52. The van der Waals surface area contributed by atoms with Crippen LogP contribution in [0.4, 0.5) is 16.2 Å². The maximum Gasteiger partial charge on any atom is 0.547 e. The number of hydrogen-bond acceptors (Lipinski definition) is 5. The molecule has 0 aromatic heterocycles. The highest BCUT2D eigenvalue weighted by molar-refractivity contribution is 6.08. The molecule has 8 nitrogen and oxygen atoms in total. The summed E-state index contributed by atoms with van der Waals surface area (Å²) in [5.41, 5.74) is 1.98. The molecule has 1 aliphatic heterocycles. The lowest BCUT2D eigenvalue weighted by atomic mass is 10.1. The third kappa shape index (κ3) is 2.57. The van der Waals surface area contributed by atoms with Gasteiger partial charge in [-0.15, -0.1) is 0 Å². The van der Waals surface area contributed by atoms with Crippen LogP contribution in [0.15, 0.2) is 18.2 Å². The van der Waals surface area contributed by atoms with Crippen molar-refractivity contribution < 1.29 is 19.2 Å². The van der Waals surface area contributed by atoms with Crippen molar-refractivity contribution in [3.63, 3.8) is 0 Å². The summed E-state index contributed by atoms with van der Waals surface area (Å²) in [7, 11) is 1.46. The highest BCUT2D eigenvalue weighted by Crippen LogP contribution is 2.34. The SMILES string of the molecule is CC(C)(C)OC(=O)[N+]1(C)NC(=O)c2cc([N+](=O)[O-])ccc21. The first-order valence-electron chi connectivity index (χ1n) is 6.26. The summed E-state index contributed by atoms with van der Waals surface area (Å²) in [6.07, 6.45) is -0.663. The first kappa shape index (κ1) is 14.9. The Kier molecular flexibility index (Phi) is 3.21. The van der Waals surface area contributed by atoms with Crippen LogP contribution in [0.1, 0.15) is 31.1 Å². The van der Waals surface area contributed by atoms with E-state index in [4.69, 9.17) is 4.74 Å². The zero-order chi connectivity index (χ0) is 16.0. The predicted octanol–water partition coefficient (Wildman–Crippen LogP) is 2.13. The van der Waals surface area contributed by atoms with Crippen LogP contribution in [-0.2, 0) is 4.74 Å². The van der Waals surface area contributed by atoms with E-state index in [9.17, 15) is 19.7 Å². The lowest BCUT2D eigenvalue weighted by Gasteiger charge is -2.27. The van der Waals surface area contributed by atoms with Gasteiger partial charge in [-0.05, 0) is 20.8 Å². The number of nitrogens with zero attached hydrogens (tertiary/aromatic N) is 2. The van der Waals surface area contributed by atoms with Crippen molar-refractivity contribution in [2.45, 2.75) is 26.4 Å². The fourth-order valence-electron chi connectivity index (χ4n) is 2.03. The van der Waals surface area contributed by atoms with Gasteiger partial charge in [0.05, 0.1) is 4.92 Å². The molecule has 1 unspecified atom stereocenters. The molecule has 0 fully saturated rings. The zero-order valence-corrected chi connectivity index (χ0v) is 12.2. The highest BCUT2D eigenvalue weighted by atomic mass is 16.6. The molecular weight excluding hydrogens is 278 g/mol. The summed E-state index contributed by atoms with van der Waals surface area (Å²) in [5, 5.41) is 10.8. The van der Waals surface area contributed by atoms with Crippen LogP contribution >= 0.6 is 0 Å². The van der Waals surface area contributed by atoms with Gasteiger partial charge in [0.2, 0.25) is 0 Å². The van der Waals surface area contributed by atoms with Gasteiger partial charge in [0.25, 0.3) is 5.69 Å². The Morgan fingerprint density at radius 2 is 2.00 bits per heavy atom. The largest absolute Gasteiger partial charge is 0.547 e. The molecule has 0 radical (unpaired) electrons. The molecule has 21 heavy (non-hydrogen) atoms. The summed E-state index contributed by atoms with van der Waals surface area (Å²) in [4.78, 5) is 34.5. The maximum atomic E-state index is 12.3. The number of fused-ring (bicyclic) bond motifs is 1. The maximum absolute atomic E-state index is 12.3. The van der Waals surface area contributed by atoms with Gasteiger partial charge in [0, 0.05) is 18.2 Å². The zero-order valence-electron chi connectivity index (χ0n) is 12.2. The van der Waals surface area contributed by atoms with E-state index in [2.05, 4.69) is 5.43 Å². The Labute approximate surface area is 121 Å². The standard InChI is InChI=1S/C13H15N3O5/c1-13(2,3)21-12(18)16(4)10-6-5-8(15(19)20)7-9(10)11(17)14-16/h5-7H,1-4H3/p+1. The molecule has 2 rings (SSSR count). The topological polar surface area (TPSA) is 98.5 Å². The summed E-state index contributed by atoms with van der Waals surface area (Å²) in [6.45, 7) is 5.14. The summed E-state index contributed by atoms with van der Waals surface area (Å²) in [5.74, 6) is -0.554. The van der Waals surface area contributed by atoms with Crippen molar-refractivity contribution in [1.82, 2.24) is 10.0 Å². The normalized spacial score (nSPS) is 20.7. The van der Waals surface area contributed by atoms with Crippen molar-refractivity contribution in [3.8, 4) is 0 Å². The monoisotopic (exact) mass is 294 g/mol. The van der Waals surface area contributed by atoms with Gasteiger partial charge >= 0.3 is 12.0 Å². The number of carbonyl (C=O) groups is 2.